The number of carbonyl (C=O) groups excluding carboxylic acids is 2. The summed E-state index contributed by atoms with van der Waals surface area (Å²) in [6.07, 6.45) is 56.1. The Kier molecular flexibility index (Phi) is 48.0. The summed E-state index contributed by atoms with van der Waals surface area (Å²) < 4.78 is 17.6. The number of aliphatic hydroxyl groups excluding tert-OH is 5. The summed E-state index contributed by atoms with van der Waals surface area (Å²) in [5, 5.41) is 56.9. The van der Waals surface area contributed by atoms with Gasteiger partial charge in [-0.3, -0.25) is 9.59 Å². The molecule has 432 valence electrons. The average molecular weight is 1050 g/mol. The molecule has 1 aliphatic heterocycles. The molecule has 8 atom stereocenters. The molecule has 1 rings (SSSR count). The normalized spacial score (nSPS) is 19.8. The highest BCUT2D eigenvalue weighted by atomic mass is 16.7. The Morgan fingerprint density at radius 1 is 0.547 bits per heavy atom. The maximum absolute atomic E-state index is 13.4. The van der Waals surface area contributed by atoms with Gasteiger partial charge in [0.05, 0.1) is 25.4 Å². The summed E-state index contributed by atoms with van der Waals surface area (Å²) in [5.74, 6) is -1.23. The van der Waals surface area contributed by atoms with Crippen molar-refractivity contribution in [2.45, 2.75) is 294 Å². The lowest BCUT2D eigenvalue weighted by Crippen LogP contribution is -2.61. The van der Waals surface area contributed by atoms with E-state index in [-0.39, 0.29) is 19.4 Å². The Morgan fingerprint density at radius 3 is 1.57 bits per heavy atom. The minimum absolute atomic E-state index is 0.112. The lowest BCUT2D eigenvalue weighted by molar-refractivity contribution is -0.305. The predicted octanol–water partition coefficient (Wildman–Crippen LogP) is 14.2. The number of carbonyl (C=O) groups is 2. The molecule has 11 nitrogen and oxygen atoms in total. The van der Waals surface area contributed by atoms with Gasteiger partial charge in [0, 0.05) is 6.42 Å². The summed E-state index contributed by atoms with van der Waals surface area (Å²) in [6.45, 7) is 5.60. The zero-order chi connectivity index (χ0) is 54.7. The quantitative estimate of drug-likeness (QED) is 0.0149. The van der Waals surface area contributed by atoms with Crippen LogP contribution in [0.1, 0.15) is 245 Å². The van der Waals surface area contributed by atoms with Crippen molar-refractivity contribution in [3.05, 3.63) is 85.1 Å². The Bertz CT molecular complexity index is 1540. The van der Waals surface area contributed by atoms with Crippen LogP contribution >= 0.6 is 0 Å². The van der Waals surface area contributed by atoms with E-state index in [0.29, 0.717) is 12.8 Å². The number of esters is 1. The van der Waals surface area contributed by atoms with Gasteiger partial charge >= 0.3 is 5.97 Å². The third-order valence-corrected chi connectivity index (χ3v) is 13.9. The fourth-order valence-corrected chi connectivity index (χ4v) is 9.04. The van der Waals surface area contributed by atoms with Gasteiger partial charge in [-0.25, -0.2) is 0 Å². The van der Waals surface area contributed by atoms with E-state index in [0.717, 1.165) is 89.9 Å². The number of aliphatic hydroxyl groups is 5. The molecule has 1 amide bonds. The molecule has 1 aliphatic rings. The molecule has 8 unspecified atom stereocenters. The number of hydrogen-bond acceptors (Lipinski definition) is 10. The molecule has 75 heavy (non-hydrogen) atoms. The molecule has 0 radical (unpaired) electrons. The maximum Gasteiger partial charge on any atom is 0.306 e. The van der Waals surface area contributed by atoms with Crippen molar-refractivity contribution in [2.75, 3.05) is 13.2 Å². The zero-order valence-corrected chi connectivity index (χ0v) is 47.6. The molecular formula is C64H111NO10. The van der Waals surface area contributed by atoms with Gasteiger partial charge in [-0.1, -0.05) is 247 Å². The summed E-state index contributed by atoms with van der Waals surface area (Å²) in [5.41, 5.74) is 0. The van der Waals surface area contributed by atoms with E-state index >= 15 is 0 Å². The molecule has 0 aliphatic carbocycles. The highest BCUT2D eigenvalue weighted by Crippen LogP contribution is 2.26. The van der Waals surface area contributed by atoms with E-state index in [9.17, 15) is 35.1 Å². The van der Waals surface area contributed by atoms with Crippen molar-refractivity contribution in [2.24, 2.45) is 0 Å². The Labute approximate surface area is 457 Å². The minimum atomic E-state index is -1.62. The van der Waals surface area contributed by atoms with Crippen molar-refractivity contribution in [1.82, 2.24) is 5.32 Å². The first kappa shape index (κ1) is 69.9. The third-order valence-electron chi connectivity index (χ3n) is 13.9. The first-order chi connectivity index (χ1) is 36.7. The number of unbranched alkanes of at least 4 members (excludes halogenated alkanes) is 27. The maximum atomic E-state index is 13.4. The second kappa shape index (κ2) is 51.6. The molecule has 0 aromatic heterocycles. The number of allylic oxidation sites excluding steroid dienone is 13. The van der Waals surface area contributed by atoms with E-state index in [1.807, 2.05) is 42.5 Å². The van der Waals surface area contributed by atoms with Gasteiger partial charge in [-0.2, -0.15) is 0 Å². The van der Waals surface area contributed by atoms with Crippen LogP contribution in [0, 0.1) is 0 Å². The fraction of sp³-hybridized carbons (Fsp3) is 0.750. The van der Waals surface area contributed by atoms with Crippen LogP contribution in [0.2, 0.25) is 0 Å². The molecule has 0 saturated carbocycles. The van der Waals surface area contributed by atoms with Crippen LogP contribution in [0.3, 0.4) is 0 Å². The lowest BCUT2D eigenvalue weighted by atomic mass is 9.99. The van der Waals surface area contributed by atoms with Crippen LogP contribution in [-0.2, 0) is 23.8 Å². The number of nitrogens with one attached hydrogen (secondary N) is 1. The fourth-order valence-electron chi connectivity index (χ4n) is 9.04. The van der Waals surface area contributed by atoms with Crippen molar-refractivity contribution in [3.63, 3.8) is 0 Å². The van der Waals surface area contributed by atoms with Crippen LogP contribution in [0.25, 0.3) is 0 Å². The first-order valence-electron chi connectivity index (χ1n) is 30.4. The monoisotopic (exact) mass is 1050 g/mol. The largest absolute Gasteiger partial charge is 0.454 e. The molecule has 0 aromatic carbocycles. The molecule has 0 bridgehead atoms. The topological polar surface area (TPSA) is 175 Å². The SMILES string of the molecule is CC/C=C/C=C/C=C/C=C\CCCCCCC(O)C(=O)NC(COC1OC(CO)C(O)C(O)C1OC(=O)CCCCCCCCCCC/C=C\C/C=C\CCCCC)C(O)/C=C/CCCCCCCCCCCCC. The van der Waals surface area contributed by atoms with E-state index in [4.69, 9.17) is 14.2 Å². The standard InChI is InChI=1S/C64H111NO10/c1-4-7-10-13-16-19-22-25-27-28-29-30-31-34-37-40-43-46-49-52-59(69)75-62-61(71)60(70)58(53-66)74-64(62)73-54-55(56(67)50-47-44-41-38-35-32-24-21-18-15-12-9-6-3)65-63(72)57(68)51-48-45-42-39-36-33-26-23-20-17-14-11-8-5-2/h8,11,14,16-17,19-20,23,25-27,33,47,50,55-58,60-62,64,66-68,70-71H,4-7,9-10,12-13,15,18,21-22,24,28-32,34-46,48-49,51-54H2,1-3H3,(H,65,72)/b11-8+,17-14+,19-16-,23-20+,27-25-,33-26-,50-47+. The van der Waals surface area contributed by atoms with E-state index in [1.165, 1.54) is 109 Å². The molecule has 0 aromatic rings. The zero-order valence-electron chi connectivity index (χ0n) is 47.6. The summed E-state index contributed by atoms with van der Waals surface area (Å²) in [4.78, 5) is 26.5. The van der Waals surface area contributed by atoms with Gasteiger partial charge in [0.25, 0.3) is 0 Å². The Morgan fingerprint density at radius 2 is 1.01 bits per heavy atom. The van der Waals surface area contributed by atoms with Gasteiger partial charge < -0.3 is 45.1 Å². The molecule has 11 heteroatoms. The number of ether oxygens (including phenoxy) is 3. The number of amides is 1. The molecule has 1 heterocycles. The molecule has 6 N–H and O–H groups in total. The molecule has 0 spiro atoms. The second-order valence-corrected chi connectivity index (χ2v) is 20.8. The van der Waals surface area contributed by atoms with Crippen molar-refractivity contribution >= 4 is 11.9 Å². The number of hydrogen-bond donors (Lipinski definition) is 6. The first-order valence-corrected chi connectivity index (χ1v) is 30.4. The Hall–Kier alpha value is -3.16. The van der Waals surface area contributed by atoms with Crippen LogP contribution < -0.4 is 5.32 Å². The van der Waals surface area contributed by atoms with Gasteiger partial charge in [0.1, 0.15) is 24.4 Å². The van der Waals surface area contributed by atoms with E-state index < -0.39 is 67.4 Å². The van der Waals surface area contributed by atoms with Crippen LogP contribution in [-0.4, -0.2) is 99.6 Å². The molecule has 1 fully saturated rings. The smallest absolute Gasteiger partial charge is 0.306 e. The third kappa shape index (κ3) is 39.8. The van der Waals surface area contributed by atoms with Gasteiger partial charge in [0.15, 0.2) is 12.4 Å². The number of rotatable bonds is 50. The van der Waals surface area contributed by atoms with Crippen LogP contribution in [0.5, 0.6) is 0 Å². The van der Waals surface area contributed by atoms with Crippen molar-refractivity contribution < 1.29 is 49.3 Å². The van der Waals surface area contributed by atoms with Gasteiger partial charge in [-0.05, 0) is 77.0 Å². The van der Waals surface area contributed by atoms with Gasteiger partial charge in [0.2, 0.25) is 5.91 Å². The lowest BCUT2D eigenvalue weighted by Gasteiger charge is -2.41. The van der Waals surface area contributed by atoms with Gasteiger partial charge in [-0.15, -0.1) is 0 Å². The second-order valence-electron chi connectivity index (χ2n) is 20.8. The summed E-state index contributed by atoms with van der Waals surface area (Å²) in [7, 11) is 0. The van der Waals surface area contributed by atoms with E-state index in [2.05, 4.69) is 62.5 Å². The summed E-state index contributed by atoms with van der Waals surface area (Å²) in [6, 6.07) is -1.04. The van der Waals surface area contributed by atoms with Crippen molar-refractivity contribution in [1.29, 1.82) is 0 Å². The predicted molar refractivity (Wildman–Crippen MR) is 310 cm³/mol. The van der Waals surface area contributed by atoms with Crippen LogP contribution in [0.15, 0.2) is 85.1 Å². The highest BCUT2D eigenvalue weighted by Gasteiger charge is 2.47. The minimum Gasteiger partial charge on any atom is -0.454 e. The van der Waals surface area contributed by atoms with E-state index in [1.54, 1.807) is 6.08 Å². The van der Waals surface area contributed by atoms with Crippen LogP contribution in [0.4, 0.5) is 0 Å². The molecular weight excluding hydrogens is 943 g/mol. The molecule has 1 saturated heterocycles. The van der Waals surface area contributed by atoms with Crippen molar-refractivity contribution in [3.8, 4) is 0 Å². The summed E-state index contributed by atoms with van der Waals surface area (Å²) >= 11 is 0. The average Bonchev–Trinajstić information content (AvgIpc) is 3.41. The highest BCUT2D eigenvalue weighted by molar-refractivity contribution is 5.80. The Balaban J connectivity index is 2.71.